The predicted octanol–water partition coefficient (Wildman–Crippen LogP) is 3.31. The van der Waals surface area contributed by atoms with Crippen LogP contribution in [0.5, 0.6) is 0 Å². The molecule has 0 spiro atoms. The first-order chi connectivity index (χ1) is 14.7. The van der Waals surface area contributed by atoms with Crippen LogP contribution in [0.2, 0.25) is 5.02 Å². The van der Waals surface area contributed by atoms with E-state index >= 15 is 0 Å². The SMILES string of the molecule is CN=C(NCCc1ccc(Cl)cc1)NCC(C(=O)N1CCOCC1)c1ccccc1.I. The number of morpholine rings is 1. The van der Waals surface area contributed by atoms with Gasteiger partial charge in [0.1, 0.15) is 0 Å². The van der Waals surface area contributed by atoms with Gasteiger partial charge in [-0.05, 0) is 29.7 Å². The van der Waals surface area contributed by atoms with Crippen molar-refractivity contribution in [1.82, 2.24) is 15.5 Å². The third kappa shape index (κ3) is 7.97. The van der Waals surface area contributed by atoms with Crippen molar-refractivity contribution in [2.45, 2.75) is 12.3 Å². The van der Waals surface area contributed by atoms with Gasteiger partial charge in [0.15, 0.2) is 5.96 Å². The molecule has 1 saturated heterocycles. The van der Waals surface area contributed by atoms with Gasteiger partial charge in [0, 0.05) is 38.2 Å². The fourth-order valence-electron chi connectivity index (χ4n) is 3.43. The van der Waals surface area contributed by atoms with Crippen LogP contribution in [-0.2, 0) is 16.0 Å². The Labute approximate surface area is 206 Å². The van der Waals surface area contributed by atoms with Crippen molar-refractivity contribution in [2.75, 3.05) is 46.4 Å². The van der Waals surface area contributed by atoms with E-state index in [0.29, 0.717) is 38.8 Å². The van der Waals surface area contributed by atoms with Crippen LogP contribution < -0.4 is 10.6 Å². The molecular weight excluding hydrogens is 527 g/mol. The molecular formula is C23H30ClIN4O2. The van der Waals surface area contributed by atoms with Gasteiger partial charge in [-0.25, -0.2) is 0 Å². The largest absolute Gasteiger partial charge is 0.378 e. The lowest BCUT2D eigenvalue weighted by Gasteiger charge is -2.31. The number of hydrogen-bond acceptors (Lipinski definition) is 3. The van der Waals surface area contributed by atoms with Crippen LogP contribution in [0.15, 0.2) is 59.6 Å². The zero-order chi connectivity index (χ0) is 21.2. The lowest BCUT2D eigenvalue weighted by molar-refractivity contribution is -0.136. The Kier molecular flexibility index (Phi) is 11.1. The summed E-state index contributed by atoms with van der Waals surface area (Å²) in [6.07, 6.45) is 0.854. The maximum absolute atomic E-state index is 13.2. The Morgan fingerprint density at radius 2 is 1.77 bits per heavy atom. The third-order valence-electron chi connectivity index (χ3n) is 5.14. The molecule has 1 fully saturated rings. The molecule has 0 radical (unpaired) electrons. The van der Waals surface area contributed by atoms with Crippen LogP contribution in [-0.4, -0.2) is 63.2 Å². The molecule has 1 aliphatic heterocycles. The van der Waals surface area contributed by atoms with E-state index < -0.39 is 0 Å². The van der Waals surface area contributed by atoms with Crippen LogP contribution in [0.4, 0.5) is 0 Å². The number of nitrogens with zero attached hydrogens (tertiary/aromatic N) is 2. The first-order valence-corrected chi connectivity index (χ1v) is 10.7. The number of amides is 1. The van der Waals surface area contributed by atoms with Crippen LogP contribution in [0.3, 0.4) is 0 Å². The van der Waals surface area contributed by atoms with E-state index in [2.05, 4.69) is 15.6 Å². The molecule has 1 unspecified atom stereocenters. The van der Waals surface area contributed by atoms with E-state index in [4.69, 9.17) is 16.3 Å². The van der Waals surface area contributed by atoms with E-state index in [0.717, 1.165) is 23.6 Å². The van der Waals surface area contributed by atoms with Crippen molar-refractivity contribution in [3.05, 3.63) is 70.7 Å². The highest BCUT2D eigenvalue weighted by atomic mass is 127. The average molecular weight is 557 g/mol. The van der Waals surface area contributed by atoms with Crippen LogP contribution in [0.1, 0.15) is 17.0 Å². The molecule has 2 aromatic rings. The summed E-state index contributed by atoms with van der Waals surface area (Å²) in [6.45, 7) is 3.66. The summed E-state index contributed by atoms with van der Waals surface area (Å²) >= 11 is 5.94. The molecule has 1 atom stereocenters. The highest BCUT2D eigenvalue weighted by molar-refractivity contribution is 14.0. The van der Waals surface area contributed by atoms with E-state index in [9.17, 15) is 4.79 Å². The Bertz CT molecular complexity index is 827. The van der Waals surface area contributed by atoms with Crippen molar-refractivity contribution >= 4 is 47.4 Å². The van der Waals surface area contributed by atoms with Gasteiger partial charge in [0.05, 0.1) is 19.1 Å². The average Bonchev–Trinajstić information content (AvgIpc) is 2.80. The highest BCUT2D eigenvalue weighted by Crippen LogP contribution is 2.19. The van der Waals surface area contributed by atoms with Gasteiger partial charge in [-0.1, -0.05) is 54.1 Å². The molecule has 6 nitrogen and oxygen atoms in total. The van der Waals surface area contributed by atoms with Gasteiger partial charge in [-0.15, -0.1) is 24.0 Å². The molecule has 3 rings (SSSR count). The van der Waals surface area contributed by atoms with Crippen molar-refractivity contribution in [3.8, 4) is 0 Å². The van der Waals surface area contributed by atoms with Gasteiger partial charge in [-0.2, -0.15) is 0 Å². The van der Waals surface area contributed by atoms with E-state index in [1.54, 1.807) is 7.05 Å². The van der Waals surface area contributed by atoms with Gasteiger partial charge < -0.3 is 20.3 Å². The van der Waals surface area contributed by atoms with Gasteiger partial charge in [0.25, 0.3) is 0 Å². The molecule has 2 N–H and O–H groups in total. The topological polar surface area (TPSA) is 66.0 Å². The summed E-state index contributed by atoms with van der Waals surface area (Å²) in [4.78, 5) is 19.4. The summed E-state index contributed by atoms with van der Waals surface area (Å²) in [5.74, 6) is 0.521. The second kappa shape index (κ2) is 13.5. The summed E-state index contributed by atoms with van der Waals surface area (Å²) in [6, 6.07) is 17.7. The lowest BCUT2D eigenvalue weighted by atomic mass is 9.97. The highest BCUT2D eigenvalue weighted by Gasteiger charge is 2.27. The number of benzene rings is 2. The van der Waals surface area contributed by atoms with Crippen LogP contribution >= 0.6 is 35.6 Å². The number of nitrogens with one attached hydrogen (secondary N) is 2. The maximum atomic E-state index is 13.2. The van der Waals surface area contributed by atoms with Crippen molar-refractivity contribution in [2.24, 2.45) is 4.99 Å². The van der Waals surface area contributed by atoms with Crippen LogP contribution in [0, 0.1) is 0 Å². The molecule has 1 aliphatic rings. The fraction of sp³-hybridized carbons (Fsp3) is 0.391. The minimum absolute atomic E-state index is 0. The molecule has 8 heteroatoms. The van der Waals surface area contributed by atoms with Gasteiger partial charge in [0.2, 0.25) is 5.91 Å². The normalized spacial score (nSPS) is 15.0. The number of ether oxygens (including phenoxy) is 1. The summed E-state index contributed by atoms with van der Waals surface area (Å²) < 4.78 is 5.39. The quantitative estimate of drug-likeness (QED) is 0.312. The minimum atomic E-state index is -0.279. The molecule has 0 saturated carbocycles. The standard InChI is InChI=1S/C23H29ClN4O2.HI/c1-25-23(26-12-11-18-7-9-20(24)10-8-18)27-17-21(19-5-3-2-4-6-19)22(29)28-13-15-30-16-14-28;/h2-10,21H,11-17H2,1H3,(H2,25,26,27);1H. The van der Waals surface area contributed by atoms with Crippen molar-refractivity contribution in [1.29, 1.82) is 0 Å². The number of halogens is 2. The zero-order valence-electron chi connectivity index (χ0n) is 17.7. The number of carbonyl (C=O) groups is 1. The molecule has 0 bridgehead atoms. The molecule has 1 amide bonds. The summed E-state index contributed by atoms with van der Waals surface area (Å²) in [5.41, 5.74) is 2.20. The molecule has 168 valence electrons. The second-order valence-electron chi connectivity index (χ2n) is 7.16. The first kappa shape index (κ1) is 25.4. The maximum Gasteiger partial charge on any atom is 0.232 e. The first-order valence-electron chi connectivity index (χ1n) is 10.3. The summed E-state index contributed by atoms with van der Waals surface area (Å²) in [7, 11) is 1.74. The lowest BCUT2D eigenvalue weighted by Crippen LogP contribution is -2.47. The smallest absolute Gasteiger partial charge is 0.232 e. The van der Waals surface area contributed by atoms with E-state index in [-0.39, 0.29) is 35.8 Å². The summed E-state index contributed by atoms with van der Waals surface area (Å²) in [5, 5.41) is 7.38. The predicted molar refractivity (Wildman–Crippen MR) is 137 cm³/mol. The number of hydrogen-bond donors (Lipinski definition) is 2. The molecule has 2 aromatic carbocycles. The molecule has 0 aliphatic carbocycles. The molecule has 0 aromatic heterocycles. The number of carbonyl (C=O) groups excluding carboxylic acids is 1. The number of guanidine groups is 1. The monoisotopic (exact) mass is 556 g/mol. The fourth-order valence-corrected chi connectivity index (χ4v) is 3.56. The Morgan fingerprint density at radius 3 is 2.42 bits per heavy atom. The Hall–Kier alpha value is -1.84. The zero-order valence-corrected chi connectivity index (χ0v) is 20.8. The van der Waals surface area contributed by atoms with Crippen molar-refractivity contribution in [3.63, 3.8) is 0 Å². The number of aliphatic imine (C=N–C) groups is 1. The van der Waals surface area contributed by atoms with Crippen molar-refractivity contribution < 1.29 is 9.53 Å². The Morgan fingerprint density at radius 1 is 1.10 bits per heavy atom. The molecule has 1 heterocycles. The second-order valence-corrected chi connectivity index (χ2v) is 7.59. The molecule has 31 heavy (non-hydrogen) atoms. The van der Waals surface area contributed by atoms with E-state index in [1.165, 1.54) is 5.56 Å². The number of rotatable bonds is 7. The van der Waals surface area contributed by atoms with Crippen LogP contribution in [0.25, 0.3) is 0 Å². The van der Waals surface area contributed by atoms with Gasteiger partial charge >= 0.3 is 0 Å². The van der Waals surface area contributed by atoms with E-state index in [1.807, 2.05) is 59.5 Å². The minimum Gasteiger partial charge on any atom is -0.378 e. The van der Waals surface area contributed by atoms with Gasteiger partial charge in [-0.3, -0.25) is 9.79 Å². The third-order valence-corrected chi connectivity index (χ3v) is 5.39. The Balaban J connectivity index is 0.00000341.